The van der Waals surface area contributed by atoms with Crippen LogP contribution in [0, 0.1) is 5.82 Å². The number of nitrogens with zero attached hydrogens (tertiary/aromatic N) is 4. The number of rotatable bonds is 7. The number of amides is 2. The fourth-order valence-electron chi connectivity index (χ4n) is 2.78. The average molecular weight is 345 g/mol. The second kappa shape index (κ2) is 7.87. The van der Waals surface area contributed by atoms with Gasteiger partial charge in [0.1, 0.15) is 5.82 Å². The zero-order chi connectivity index (χ0) is 17.6. The van der Waals surface area contributed by atoms with Gasteiger partial charge in [-0.1, -0.05) is 23.4 Å². The monoisotopic (exact) mass is 345 g/mol. The Labute approximate surface area is 144 Å². The van der Waals surface area contributed by atoms with E-state index < -0.39 is 0 Å². The molecule has 7 nitrogen and oxygen atoms in total. The minimum atomic E-state index is -0.326. The fourth-order valence-corrected chi connectivity index (χ4v) is 2.78. The number of halogens is 1. The Balaban J connectivity index is 1.46. The lowest BCUT2D eigenvalue weighted by atomic mass is 10.2. The molecule has 25 heavy (non-hydrogen) atoms. The second-order valence-corrected chi connectivity index (χ2v) is 5.99. The molecule has 1 aromatic carbocycles. The highest BCUT2D eigenvalue weighted by molar-refractivity contribution is 5.91. The SMILES string of the molecule is O=C(NCCCN1CCCC1=O)c1cn(Cc2ccccc2F)nn1. The minimum Gasteiger partial charge on any atom is -0.351 e. The third-order valence-electron chi connectivity index (χ3n) is 4.12. The normalized spacial score (nSPS) is 14.1. The first-order chi connectivity index (χ1) is 12.1. The Morgan fingerprint density at radius 2 is 2.16 bits per heavy atom. The summed E-state index contributed by atoms with van der Waals surface area (Å²) in [4.78, 5) is 25.4. The maximum Gasteiger partial charge on any atom is 0.273 e. The van der Waals surface area contributed by atoms with E-state index in [0.29, 0.717) is 31.5 Å². The number of hydrogen-bond donors (Lipinski definition) is 1. The van der Waals surface area contributed by atoms with Crippen LogP contribution in [0.4, 0.5) is 4.39 Å². The van der Waals surface area contributed by atoms with E-state index in [0.717, 1.165) is 13.0 Å². The van der Waals surface area contributed by atoms with Gasteiger partial charge in [0, 0.05) is 31.6 Å². The second-order valence-electron chi connectivity index (χ2n) is 5.99. The molecule has 1 aromatic heterocycles. The molecule has 2 heterocycles. The van der Waals surface area contributed by atoms with Crippen molar-refractivity contribution in [2.75, 3.05) is 19.6 Å². The summed E-state index contributed by atoms with van der Waals surface area (Å²) in [7, 11) is 0. The molecule has 8 heteroatoms. The molecule has 3 rings (SSSR count). The molecule has 1 aliphatic heterocycles. The predicted octanol–water partition coefficient (Wildman–Crippen LogP) is 1.21. The fraction of sp³-hybridized carbons (Fsp3) is 0.412. The van der Waals surface area contributed by atoms with Gasteiger partial charge in [-0.15, -0.1) is 5.10 Å². The highest BCUT2D eigenvalue weighted by atomic mass is 19.1. The van der Waals surface area contributed by atoms with Crippen molar-refractivity contribution >= 4 is 11.8 Å². The highest BCUT2D eigenvalue weighted by Crippen LogP contribution is 2.10. The molecule has 0 atom stereocenters. The van der Waals surface area contributed by atoms with Crippen LogP contribution in [0.2, 0.25) is 0 Å². The summed E-state index contributed by atoms with van der Waals surface area (Å²) >= 11 is 0. The first kappa shape index (κ1) is 17.1. The topological polar surface area (TPSA) is 80.1 Å². The molecule has 1 fully saturated rings. The molecule has 0 saturated carbocycles. The van der Waals surface area contributed by atoms with Gasteiger partial charge in [0.2, 0.25) is 5.91 Å². The van der Waals surface area contributed by atoms with Gasteiger partial charge in [-0.25, -0.2) is 9.07 Å². The van der Waals surface area contributed by atoms with E-state index in [2.05, 4.69) is 15.6 Å². The van der Waals surface area contributed by atoms with Crippen LogP contribution in [0.25, 0.3) is 0 Å². The van der Waals surface area contributed by atoms with E-state index in [1.54, 1.807) is 18.2 Å². The van der Waals surface area contributed by atoms with Crippen LogP contribution in [0.15, 0.2) is 30.5 Å². The van der Waals surface area contributed by atoms with Gasteiger partial charge in [0.05, 0.1) is 12.7 Å². The van der Waals surface area contributed by atoms with Crippen LogP contribution in [0.3, 0.4) is 0 Å². The maximum atomic E-state index is 13.6. The molecule has 132 valence electrons. The molecule has 1 saturated heterocycles. The lowest BCUT2D eigenvalue weighted by Gasteiger charge is -2.14. The van der Waals surface area contributed by atoms with Crippen molar-refractivity contribution in [2.45, 2.75) is 25.8 Å². The molecule has 2 amide bonds. The summed E-state index contributed by atoms with van der Waals surface area (Å²) < 4.78 is 15.1. The van der Waals surface area contributed by atoms with Crippen molar-refractivity contribution in [2.24, 2.45) is 0 Å². The van der Waals surface area contributed by atoms with Gasteiger partial charge in [-0.05, 0) is 18.9 Å². The molecular formula is C17H20FN5O2. The summed E-state index contributed by atoms with van der Waals surface area (Å²) in [5, 5.41) is 10.4. The van der Waals surface area contributed by atoms with Crippen molar-refractivity contribution in [1.82, 2.24) is 25.2 Å². The van der Waals surface area contributed by atoms with Crippen molar-refractivity contribution in [3.05, 3.63) is 47.5 Å². The summed E-state index contributed by atoms with van der Waals surface area (Å²) in [5.41, 5.74) is 0.670. The van der Waals surface area contributed by atoms with Gasteiger partial charge in [-0.2, -0.15) is 0 Å². The molecule has 0 unspecified atom stereocenters. The summed E-state index contributed by atoms with van der Waals surface area (Å²) in [6, 6.07) is 6.41. The summed E-state index contributed by atoms with van der Waals surface area (Å²) in [6.07, 6.45) is 3.72. The Morgan fingerprint density at radius 1 is 1.32 bits per heavy atom. The number of carbonyl (C=O) groups is 2. The van der Waals surface area contributed by atoms with Gasteiger partial charge in [-0.3, -0.25) is 9.59 Å². The van der Waals surface area contributed by atoms with E-state index in [9.17, 15) is 14.0 Å². The minimum absolute atomic E-state index is 0.183. The van der Waals surface area contributed by atoms with Crippen LogP contribution < -0.4 is 5.32 Å². The van der Waals surface area contributed by atoms with Crippen LogP contribution in [-0.4, -0.2) is 51.3 Å². The van der Waals surface area contributed by atoms with Crippen molar-refractivity contribution in [3.8, 4) is 0 Å². The molecule has 1 aliphatic rings. The lowest BCUT2D eigenvalue weighted by Crippen LogP contribution is -2.30. The van der Waals surface area contributed by atoms with Gasteiger partial charge < -0.3 is 10.2 Å². The molecule has 2 aromatic rings. The Kier molecular flexibility index (Phi) is 5.37. The molecule has 0 bridgehead atoms. The van der Waals surface area contributed by atoms with Crippen LogP contribution >= 0.6 is 0 Å². The molecular weight excluding hydrogens is 325 g/mol. The zero-order valence-corrected chi connectivity index (χ0v) is 13.8. The van der Waals surface area contributed by atoms with Gasteiger partial charge in [0.15, 0.2) is 5.69 Å². The van der Waals surface area contributed by atoms with E-state index in [1.807, 2.05) is 4.90 Å². The summed E-state index contributed by atoms with van der Waals surface area (Å²) in [5.74, 6) is -0.463. The number of nitrogens with one attached hydrogen (secondary N) is 1. The number of likely N-dealkylation sites (tertiary alicyclic amines) is 1. The van der Waals surface area contributed by atoms with Crippen molar-refractivity contribution in [1.29, 1.82) is 0 Å². The number of aromatic nitrogens is 3. The third kappa shape index (κ3) is 4.40. The number of carbonyl (C=O) groups excluding carboxylic acids is 2. The first-order valence-electron chi connectivity index (χ1n) is 8.33. The number of benzene rings is 1. The highest BCUT2D eigenvalue weighted by Gasteiger charge is 2.19. The third-order valence-corrected chi connectivity index (χ3v) is 4.12. The van der Waals surface area contributed by atoms with Gasteiger partial charge in [0.25, 0.3) is 5.91 Å². The standard InChI is InChI=1S/C17H20FN5O2/c18-14-6-2-1-5-13(14)11-23-12-15(20-21-23)17(25)19-8-4-10-22-9-3-7-16(22)24/h1-2,5-6,12H,3-4,7-11H2,(H,19,25). The maximum absolute atomic E-state index is 13.6. The Hall–Kier alpha value is -2.77. The van der Waals surface area contributed by atoms with Crippen LogP contribution in [0.5, 0.6) is 0 Å². The van der Waals surface area contributed by atoms with Crippen LogP contribution in [-0.2, 0) is 11.3 Å². The Morgan fingerprint density at radius 3 is 2.92 bits per heavy atom. The smallest absolute Gasteiger partial charge is 0.273 e. The van der Waals surface area contributed by atoms with E-state index in [-0.39, 0.29) is 29.9 Å². The molecule has 1 N–H and O–H groups in total. The summed E-state index contributed by atoms with van der Waals surface area (Å²) in [6.45, 7) is 2.13. The molecule has 0 spiro atoms. The number of hydrogen-bond acceptors (Lipinski definition) is 4. The largest absolute Gasteiger partial charge is 0.351 e. The first-order valence-corrected chi connectivity index (χ1v) is 8.33. The molecule has 0 radical (unpaired) electrons. The predicted molar refractivity (Wildman–Crippen MR) is 88.3 cm³/mol. The van der Waals surface area contributed by atoms with E-state index in [4.69, 9.17) is 0 Å². The average Bonchev–Trinajstić information content (AvgIpc) is 3.23. The zero-order valence-electron chi connectivity index (χ0n) is 13.8. The quantitative estimate of drug-likeness (QED) is 0.765. The van der Waals surface area contributed by atoms with Crippen LogP contribution in [0.1, 0.15) is 35.3 Å². The van der Waals surface area contributed by atoms with E-state index in [1.165, 1.54) is 16.9 Å². The lowest BCUT2D eigenvalue weighted by molar-refractivity contribution is -0.127. The van der Waals surface area contributed by atoms with Crippen molar-refractivity contribution in [3.63, 3.8) is 0 Å². The van der Waals surface area contributed by atoms with Gasteiger partial charge >= 0.3 is 0 Å². The van der Waals surface area contributed by atoms with Crippen molar-refractivity contribution < 1.29 is 14.0 Å². The molecule has 0 aliphatic carbocycles. The van der Waals surface area contributed by atoms with E-state index >= 15 is 0 Å². The Bertz CT molecular complexity index is 761.